The summed E-state index contributed by atoms with van der Waals surface area (Å²) >= 11 is 6.39. The van der Waals surface area contributed by atoms with E-state index in [-0.39, 0.29) is 34.1 Å². The van der Waals surface area contributed by atoms with E-state index in [1.54, 1.807) is 13.1 Å². The highest BCUT2D eigenvalue weighted by atomic mass is 35.5. The Kier molecular flexibility index (Phi) is 9.54. The number of halogens is 6. The van der Waals surface area contributed by atoms with Crippen molar-refractivity contribution in [3.8, 4) is 16.3 Å². The lowest BCUT2D eigenvalue weighted by atomic mass is 10.1. The van der Waals surface area contributed by atoms with Gasteiger partial charge in [0.1, 0.15) is 21.5 Å². The molecule has 2 aromatic carbocycles. The summed E-state index contributed by atoms with van der Waals surface area (Å²) in [4.78, 5) is 29.8. The molecule has 2 aromatic heterocycles. The molecule has 0 aliphatic carbocycles. The van der Waals surface area contributed by atoms with Crippen molar-refractivity contribution in [1.82, 2.24) is 15.3 Å². The number of amides is 1. The average molecular weight is 585 g/mol. The van der Waals surface area contributed by atoms with Gasteiger partial charge in [-0.3, -0.25) is 9.59 Å². The second-order valence-corrected chi connectivity index (χ2v) is 8.96. The summed E-state index contributed by atoms with van der Waals surface area (Å²) in [5.74, 6) is -3.01. The maximum absolute atomic E-state index is 14.0. The van der Waals surface area contributed by atoms with Crippen LogP contribution in [0.25, 0.3) is 10.6 Å². The van der Waals surface area contributed by atoms with E-state index in [9.17, 15) is 31.5 Å². The SMILES string of the molecule is CNc1sc(-c2ccccc2F)nc1C(=O)NCc1ccccc1C(F)(F)F.O=Cc1cc(Cl)c(O)c(F)n1. The van der Waals surface area contributed by atoms with Crippen molar-refractivity contribution in [3.63, 3.8) is 0 Å². The van der Waals surface area contributed by atoms with Gasteiger partial charge in [-0.15, -0.1) is 0 Å². The van der Waals surface area contributed by atoms with Gasteiger partial charge in [0.2, 0.25) is 0 Å². The van der Waals surface area contributed by atoms with E-state index in [0.717, 1.165) is 23.5 Å². The monoisotopic (exact) mass is 584 g/mol. The van der Waals surface area contributed by atoms with Crippen LogP contribution >= 0.6 is 22.9 Å². The molecular weight excluding hydrogens is 567 g/mol. The van der Waals surface area contributed by atoms with Gasteiger partial charge in [-0.1, -0.05) is 53.3 Å². The molecule has 1 amide bonds. The quantitative estimate of drug-likeness (QED) is 0.139. The van der Waals surface area contributed by atoms with Crippen LogP contribution in [0.3, 0.4) is 0 Å². The minimum Gasteiger partial charge on any atom is -0.503 e. The highest BCUT2D eigenvalue weighted by Gasteiger charge is 2.33. The van der Waals surface area contributed by atoms with Gasteiger partial charge in [0.25, 0.3) is 11.9 Å². The molecule has 0 saturated carbocycles. The first-order valence-electron chi connectivity index (χ1n) is 10.8. The first-order valence-corrected chi connectivity index (χ1v) is 12.0. The van der Waals surface area contributed by atoms with Gasteiger partial charge in [0, 0.05) is 19.2 Å². The molecule has 2 heterocycles. The van der Waals surface area contributed by atoms with Crippen LogP contribution in [0.4, 0.5) is 27.0 Å². The summed E-state index contributed by atoms with van der Waals surface area (Å²) in [7, 11) is 1.58. The molecule has 0 aliphatic rings. The van der Waals surface area contributed by atoms with Gasteiger partial charge in [0.05, 0.1) is 10.6 Å². The molecule has 39 heavy (non-hydrogen) atoms. The van der Waals surface area contributed by atoms with Gasteiger partial charge in [-0.05, 0) is 29.8 Å². The van der Waals surface area contributed by atoms with E-state index in [4.69, 9.17) is 16.7 Å². The second kappa shape index (κ2) is 12.6. The molecule has 7 nitrogen and oxygen atoms in total. The van der Waals surface area contributed by atoms with Crippen molar-refractivity contribution >= 4 is 40.1 Å². The third-order valence-electron chi connectivity index (χ3n) is 4.98. The first kappa shape index (κ1) is 29.5. The van der Waals surface area contributed by atoms with E-state index in [1.165, 1.54) is 36.4 Å². The lowest BCUT2D eigenvalue weighted by Crippen LogP contribution is -2.25. The number of aromatic nitrogens is 2. The molecular formula is C25H18ClF5N4O3S. The molecule has 0 saturated heterocycles. The molecule has 14 heteroatoms. The Hall–Kier alpha value is -4.10. The molecule has 0 aliphatic heterocycles. The summed E-state index contributed by atoms with van der Waals surface area (Å²) in [5, 5.41) is 14.5. The van der Waals surface area contributed by atoms with Crippen LogP contribution in [0.15, 0.2) is 54.6 Å². The fraction of sp³-hybridized carbons (Fsp3) is 0.120. The Morgan fingerprint density at radius 2 is 1.77 bits per heavy atom. The standard InChI is InChI=1S/C19H15F4N3OS.C6H3ClFNO2/c1-24-18-15(26-17(28-18)12-7-3-5-9-14(12)20)16(27)25-10-11-6-2-4-8-13(11)19(21,22)23;7-4-1-3(2-10)9-6(8)5(4)11/h2-9,24H,10H2,1H3,(H,25,27);1-2,11H. The minimum absolute atomic E-state index is 0.00440. The number of anilines is 1. The number of pyridine rings is 1. The Morgan fingerprint density at radius 1 is 1.10 bits per heavy atom. The van der Waals surface area contributed by atoms with Crippen LogP contribution in [-0.2, 0) is 12.7 Å². The fourth-order valence-corrected chi connectivity index (χ4v) is 4.29. The predicted octanol–water partition coefficient (Wildman–Crippen LogP) is 6.33. The Balaban J connectivity index is 0.000000320. The van der Waals surface area contributed by atoms with E-state index in [0.29, 0.717) is 16.3 Å². The molecule has 4 aromatic rings. The maximum atomic E-state index is 14.0. The lowest BCUT2D eigenvalue weighted by Gasteiger charge is -2.13. The van der Waals surface area contributed by atoms with E-state index >= 15 is 0 Å². The zero-order chi connectivity index (χ0) is 28.7. The molecule has 0 spiro atoms. The molecule has 0 unspecified atom stereocenters. The first-order chi connectivity index (χ1) is 18.5. The average Bonchev–Trinajstić information content (AvgIpc) is 3.35. The number of aldehydes is 1. The van der Waals surface area contributed by atoms with Crippen molar-refractivity contribution in [2.24, 2.45) is 0 Å². The van der Waals surface area contributed by atoms with Crippen LogP contribution in [-0.4, -0.2) is 34.3 Å². The molecule has 0 atom stereocenters. The number of thiazole rings is 1. The van der Waals surface area contributed by atoms with Gasteiger partial charge < -0.3 is 15.7 Å². The van der Waals surface area contributed by atoms with Crippen LogP contribution in [0.2, 0.25) is 5.02 Å². The molecule has 0 radical (unpaired) electrons. The van der Waals surface area contributed by atoms with Gasteiger partial charge in [0.15, 0.2) is 17.7 Å². The number of carbonyl (C=O) groups excluding carboxylic acids is 2. The number of hydrogen-bond acceptors (Lipinski definition) is 7. The highest BCUT2D eigenvalue weighted by molar-refractivity contribution is 7.19. The topological polar surface area (TPSA) is 104 Å². The minimum atomic E-state index is -4.52. The number of rotatable bonds is 6. The highest BCUT2D eigenvalue weighted by Crippen LogP contribution is 2.34. The molecule has 3 N–H and O–H groups in total. The van der Waals surface area contributed by atoms with Gasteiger partial charge >= 0.3 is 6.18 Å². The molecule has 0 fully saturated rings. The van der Waals surface area contributed by atoms with Crippen molar-refractivity contribution in [2.75, 3.05) is 12.4 Å². The summed E-state index contributed by atoms with van der Waals surface area (Å²) < 4.78 is 65.6. The third-order valence-corrected chi connectivity index (χ3v) is 6.37. The number of carbonyl (C=O) groups is 2. The Labute approximate surface area is 227 Å². The number of nitrogens with one attached hydrogen (secondary N) is 2. The van der Waals surface area contributed by atoms with Crippen LogP contribution in [0.1, 0.15) is 32.1 Å². The second-order valence-electron chi connectivity index (χ2n) is 7.55. The molecule has 4 rings (SSSR count). The van der Waals surface area contributed by atoms with Crippen LogP contribution in [0.5, 0.6) is 5.75 Å². The smallest absolute Gasteiger partial charge is 0.416 e. The summed E-state index contributed by atoms with van der Waals surface area (Å²) in [5.41, 5.74) is -0.778. The summed E-state index contributed by atoms with van der Waals surface area (Å²) in [6.45, 7) is -0.315. The van der Waals surface area contributed by atoms with Gasteiger partial charge in [-0.25, -0.2) is 14.4 Å². The van der Waals surface area contributed by atoms with Crippen LogP contribution < -0.4 is 10.6 Å². The number of aromatic hydroxyl groups is 1. The number of benzene rings is 2. The lowest BCUT2D eigenvalue weighted by molar-refractivity contribution is -0.138. The maximum Gasteiger partial charge on any atom is 0.416 e. The van der Waals surface area contributed by atoms with E-state index in [2.05, 4.69) is 20.6 Å². The summed E-state index contributed by atoms with van der Waals surface area (Å²) in [6, 6.07) is 12.1. The van der Waals surface area contributed by atoms with Crippen molar-refractivity contribution in [1.29, 1.82) is 0 Å². The van der Waals surface area contributed by atoms with Crippen molar-refractivity contribution in [3.05, 3.63) is 93.9 Å². The summed E-state index contributed by atoms with van der Waals surface area (Å²) in [6.07, 6.45) is -4.18. The van der Waals surface area contributed by atoms with Crippen LogP contribution in [0, 0.1) is 11.8 Å². The van der Waals surface area contributed by atoms with Gasteiger partial charge in [-0.2, -0.15) is 17.6 Å². The molecule has 204 valence electrons. The Bertz CT molecular complexity index is 1470. The van der Waals surface area contributed by atoms with Crippen molar-refractivity contribution in [2.45, 2.75) is 12.7 Å². The number of alkyl halides is 3. The third kappa shape index (κ3) is 7.27. The zero-order valence-electron chi connectivity index (χ0n) is 19.8. The van der Waals surface area contributed by atoms with E-state index < -0.39 is 35.2 Å². The zero-order valence-corrected chi connectivity index (χ0v) is 21.4. The Morgan fingerprint density at radius 3 is 2.38 bits per heavy atom. The normalized spacial score (nSPS) is 10.8. The fourth-order valence-electron chi connectivity index (χ4n) is 3.16. The largest absolute Gasteiger partial charge is 0.503 e. The predicted molar refractivity (Wildman–Crippen MR) is 136 cm³/mol. The van der Waals surface area contributed by atoms with E-state index in [1.807, 2.05) is 0 Å². The van der Waals surface area contributed by atoms with Crippen molar-refractivity contribution < 1.29 is 36.6 Å². The molecule has 0 bridgehead atoms. The number of nitrogens with zero attached hydrogens (tertiary/aromatic N) is 2. The number of hydrogen-bond donors (Lipinski definition) is 3.